The van der Waals surface area contributed by atoms with E-state index in [0.717, 1.165) is 13.1 Å². The van der Waals surface area contributed by atoms with Gasteiger partial charge in [0.15, 0.2) is 9.84 Å². The molecular weight excluding hydrogens is 416 g/mol. The lowest BCUT2D eigenvalue weighted by Gasteiger charge is -2.37. The van der Waals surface area contributed by atoms with Gasteiger partial charge in [-0.05, 0) is 43.9 Å². The Bertz CT molecular complexity index is 956. The van der Waals surface area contributed by atoms with Gasteiger partial charge in [0.1, 0.15) is 0 Å². The number of piperazine rings is 1. The quantitative estimate of drug-likeness (QED) is 0.506. The molecule has 0 unspecified atom stereocenters. The zero-order chi connectivity index (χ0) is 22.2. The van der Waals surface area contributed by atoms with E-state index in [1.54, 1.807) is 0 Å². The van der Waals surface area contributed by atoms with Crippen LogP contribution in [0.3, 0.4) is 0 Å². The Balaban J connectivity index is 1.21. The van der Waals surface area contributed by atoms with Gasteiger partial charge in [-0.25, -0.2) is 13.2 Å². The normalized spacial score (nSPS) is 27.0. The molecule has 0 saturated carbocycles. The van der Waals surface area contributed by atoms with Gasteiger partial charge in [-0.2, -0.15) is 0 Å². The molecule has 3 atom stereocenters. The van der Waals surface area contributed by atoms with Crippen molar-refractivity contribution in [3.8, 4) is 0 Å². The second-order valence-electron chi connectivity index (χ2n) is 8.95. The maximum absolute atomic E-state index is 12.6. The minimum absolute atomic E-state index is 0.00466. The maximum atomic E-state index is 12.6. The third kappa shape index (κ3) is 4.51. The number of aryl methyl sites for hydroxylation is 1. The molecule has 0 aliphatic carbocycles. The summed E-state index contributed by atoms with van der Waals surface area (Å²) in [4.78, 5) is 28.4. The van der Waals surface area contributed by atoms with Crippen LogP contribution in [0.4, 0.5) is 10.5 Å². The molecule has 9 heteroatoms. The number of sulfone groups is 1. The number of benzene rings is 1. The lowest BCUT2D eigenvalue weighted by Crippen LogP contribution is -2.49. The highest BCUT2D eigenvalue weighted by atomic mass is 32.2. The van der Waals surface area contributed by atoms with Crippen LogP contribution in [-0.4, -0.2) is 74.5 Å². The molecular formula is C22H32N4O4S. The van der Waals surface area contributed by atoms with E-state index in [4.69, 9.17) is 0 Å². The molecule has 8 nitrogen and oxygen atoms in total. The summed E-state index contributed by atoms with van der Waals surface area (Å²) in [6.07, 6.45) is 2.26. The number of urea groups is 1. The number of unbranched alkanes of at least 4 members (excludes halogenated alkanes) is 1. The lowest BCUT2D eigenvalue weighted by atomic mass is 10.0. The van der Waals surface area contributed by atoms with Gasteiger partial charge in [-0.3, -0.25) is 4.79 Å². The highest BCUT2D eigenvalue weighted by Gasteiger charge is 2.51. The number of carbonyl (C=O) groups is 2. The van der Waals surface area contributed by atoms with Crippen molar-refractivity contribution in [2.45, 2.75) is 56.9 Å². The minimum atomic E-state index is -3.21. The zero-order valence-electron chi connectivity index (χ0n) is 18.3. The summed E-state index contributed by atoms with van der Waals surface area (Å²) in [7, 11) is -3.21. The largest absolute Gasteiger partial charge is 0.368 e. The first-order valence-electron chi connectivity index (χ1n) is 11.1. The number of anilines is 1. The predicted octanol–water partition coefficient (Wildman–Crippen LogP) is 1.36. The van der Waals surface area contributed by atoms with E-state index < -0.39 is 15.1 Å². The smallest absolute Gasteiger partial charge is 0.315 e. The van der Waals surface area contributed by atoms with E-state index in [9.17, 15) is 18.0 Å². The van der Waals surface area contributed by atoms with Crippen LogP contribution in [0.25, 0.3) is 0 Å². The van der Waals surface area contributed by atoms with Crippen LogP contribution in [0.2, 0.25) is 0 Å². The Morgan fingerprint density at radius 1 is 1.10 bits per heavy atom. The average molecular weight is 449 g/mol. The van der Waals surface area contributed by atoms with Gasteiger partial charge in [-0.1, -0.05) is 18.6 Å². The SMILES string of the molecule is Cc1cccc(N2CCN(C(=O)CCCC[C@@H]3[C@@H]4NC(=O)N[C@@H]4CS3(=O)=O)CC2)c1C. The van der Waals surface area contributed by atoms with Crippen LogP contribution < -0.4 is 15.5 Å². The highest BCUT2D eigenvalue weighted by Crippen LogP contribution is 2.29. The molecule has 170 valence electrons. The van der Waals surface area contributed by atoms with Gasteiger partial charge in [0.05, 0.1) is 23.1 Å². The van der Waals surface area contributed by atoms with Crippen LogP contribution >= 0.6 is 0 Å². The second kappa shape index (κ2) is 8.68. The summed E-state index contributed by atoms with van der Waals surface area (Å²) in [6, 6.07) is 5.39. The minimum Gasteiger partial charge on any atom is -0.368 e. The van der Waals surface area contributed by atoms with Gasteiger partial charge < -0.3 is 20.4 Å². The van der Waals surface area contributed by atoms with E-state index in [1.165, 1.54) is 16.8 Å². The van der Waals surface area contributed by atoms with E-state index in [1.807, 2.05) is 4.90 Å². The number of fused-ring (bicyclic) bond motifs is 1. The van der Waals surface area contributed by atoms with Crippen molar-refractivity contribution in [3.05, 3.63) is 29.3 Å². The first kappa shape index (κ1) is 21.9. The fraction of sp³-hybridized carbons (Fsp3) is 0.636. The first-order chi connectivity index (χ1) is 14.8. The molecule has 3 fully saturated rings. The summed E-state index contributed by atoms with van der Waals surface area (Å²) in [5.41, 5.74) is 3.82. The molecule has 3 heterocycles. The molecule has 0 radical (unpaired) electrons. The topological polar surface area (TPSA) is 98.8 Å². The van der Waals surface area contributed by atoms with Crippen LogP contribution in [-0.2, 0) is 14.6 Å². The highest BCUT2D eigenvalue weighted by molar-refractivity contribution is 7.92. The predicted molar refractivity (Wildman–Crippen MR) is 120 cm³/mol. The molecule has 0 spiro atoms. The van der Waals surface area contributed by atoms with E-state index >= 15 is 0 Å². The van der Waals surface area contributed by atoms with Crippen LogP contribution in [0.5, 0.6) is 0 Å². The molecule has 3 saturated heterocycles. The molecule has 0 bridgehead atoms. The van der Waals surface area contributed by atoms with Crippen molar-refractivity contribution >= 4 is 27.5 Å². The third-order valence-corrected chi connectivity index (χ3v) is 9.27. The van der Waals surface area contributed by atoms with Crippen molar-refractivity contribution in [1.29, 1.82) is 0 Å². The fourth-order valence-corrected chi connectivity index (χ4v) is 7.33. The molecule has 31 heavy (non-hydrogen) atoms. The molecule has 1 aromatic rings. The van der Waals surface area contributed by atoms with Crippen LogP contribution in [0.15, 0.2) is 18.2 Å². The number of rotatable bonds is 6. The van der Waals surface area contributed by atoms with Crippen molar-refractivity contribution in [3.63, 3.8) is 0 Å². The standard InChI is InChI=1S/C22H32N4O4S/c1-15-6-5-7-18(16(15)2)25-10-12-26(13-11-25)20(27)9-4-3-8-19-21-17(14-31(19,29)30)23-22(28)24-21/h5-7,17,19,21H,3-4,8-14H2,1-2H3,(H2,23,24,28)/t17-,19-,21-/m1/s1. The third-order valence-electron chi connectivity index (χ3n) is 7.00. The Morgan fingerprint density at radius 3 is 2.58 bits per heavy atom. The van der Waals surface area contributed by atoms with E-state index in [0.29, 0.717) is 38.8 Å². The summed E-state index contributed by atoms with van der Waals surface area (Å²) >= 11 is 0. The number of hydrogen-bond donors (Lipinski definition) is 2. The summed E-state index contributed by atoms with van der Waals surface area (Å²) < 4.78 is 24.8. The zero-order valence-corrected chi connectivity index (χ0v) is 19.1. The monoisotopic (exact) mass is 448 g/mol. The van der Waals surface area contributed by atoms with Gasteiger partial charge in [0.25, 0.3) is 0 Å². The van der Waals surface area contributed by atoms with E-state index in [-0.39, 0.29) is 29.8 Å². The second-order valence-corrected chi connectivity index (χ2v) is 11.2. The van der Waals surface area contributed by atoms with Crippen molar-refractivity contribution < 1.29 is 18.0 Å². The molecule has 0 aromatic heterocycles. The number of nitrogens with zero attached hydrogens (tertiary/aromatic N) is 2. The van der Waals surface area contributed by atoms with Crippen molar-refractivity contribution in [1.82, 2.24) is 15.5 Å². The Labute approximate surface area is 184 Å². The summed E-state index contributed by atoms with van der Waals surface area (Å²) in [6.45, 7) is 7.34. The molecule has 2 N–H and O–H groups in total. The summed E-state index contributed by atoms with van der Waals surface area (Å²) in [5, 5.41) is 4.87. The van der Waals surface area contributed by atoms with E-state index in [2.05, 4.69) is 47.6 Å². The Kier molecular flexibility index (Phi) is 6.14. The number of nitrogens with one attached hydrogen (secondary N) is 2. The van der Waals surface area contributed by atoms with Crippen LogP contribution in [0, 0.1) is 13.8 Å². The molecule has 3 aliphatic heterocycles. The first-order valence-corrected chi connectivity index (χ1v) is 12.9. The fourth-order valence-electron chi connectivity index (χ4n) is 5.06. The number of carbonyl (C=O) groups excluding carboxylic acids is 2. The average Bonchev–Trinajstić information content (AvgIpc) is 3.18. The van der Waals surface area contributed by atoms with Gasteiger partial charge in [0.2, 0.25) is 5.91 Å². The van der Waals surface area contributed by atoms with Crippen molar-refractivity contribution in [2.75, 3.05) is 36.8 Å². The maximum Gasteiger partial charge on any atom is 0.315 e. The van der Waals surface area contributed by atoms with Crippen LogP contribution in [0.1, 0.15) is 36.8 Å². The summed E-state index contributed by atoms with van der Waals surface area (Å²) in [5.74, 6) is 0.147. The molecule has 3 amide bonds. The van der Waals surface area contributed by atoms with Crippen molar-refractivity contribution in [2.24, 2.45) is 0 Å². The van der Waals surface area contributed by atoms with Gasteiger partial charge in [-0.15, -0.1) is 0 Å². The molecule has 3 aliphatic rings. The van der Waals surface area contributed by atoms with Gasteiger partial charge in [0, 0.05) is 38.3 Å². The molecule has 4 rings (SSSR count). The Hall–Kier alpha value is -2.29. The Morgan fingerprint density at radius 2 is 1.84 bits per heavy atom. The number of hydrogen-bond acceptors (Lipinski definition) is 5. The lowest BCUT2D eigenvalue weighted by molar-refractivity contribution is -0.131. The molecule has 1 aromatic carbocycles. The van der Waals surface area contributed by atoms with Gasteiger partial charge >= 0.3 is 6.03 Å². The number of amides is 3.